The molecule has 1 atom stereocenters. The molecule has 1 N–H and O–H groups in total. The number of carbonyl (C=O) groups excluding carboxylic acids is 2. The first-order valence-electron chi connectivity index (χ1n) is 10.6. The van der Waals surface area contributed by atoms with Crippen LogP contribution in [0, 0.1) is 5.92 Å². The summed E-state index contributed by atoms with van der Waals surface area (Å²) in [5.41, 5.74) is 5.16. The zero-order valence-electron chi connectivity index (χ0n) is 17.1. The van der Waals surface area contributed by atoms with Gasteiger partial charge in [0.2, 0.25) is 11.8 Å². The summed E-state index contributed by atoms with van der Waals surface area (Å²) >= 11 is 6.05. The van der Waals surface area contributed by atoms with Gasteiger partial charge in [-0.1, -0.05) is 35.9 Å². The van der Waals surface area contributed by atoms with Crippen molar-refractivity contribution >= 4 is 29.1 Å². The van der Waals surface area contributed by atoms with E-state index >= 15 is 0 Å². The van der Waals surface area contributed by atoms with Crippen LogP contribution in [0.4, 0.5) is 5.69 Å². The monoisotopic (exact) mass is 434 g/mol. The third-order valence-electron chi connectivity index (χ3n) is 6.06. The molecule has 1 aliphatic carbocycles. The zero-order valence-corrected chi connectivity index (χ0v) is 17.8. The van der Waals surface area contributed by atoms with Crippen LogP contribution in [-0.2, 0) is 29.0 Å². The molecule has 1 fully saturated rings. The molecule has 1 saturated heterocycles. The fourth-order valence-electron chi connectivity index (χ4n) is 4.53. The highest BCUT2D eigenvalue weighted by Gasteiger charge is 2.35. The van der Waals surface area contributed by atoms with Gasteiger partial charge in [-0.3, -0.25) is 9.59 Å². The number of nitrogens with zero attached hydrogens (tertiary/aromatic N) is 3. The minimum Gasteiger partial charge on any atom is -0.350 e. The topological polar surface area (TPSA) is 67.2 Å². The van der Waals surface area contributed by atoms with E-state index in [1.54, 1.807) is 17.0 Å². The van der Waals surface area contributed by atoms with Gasteiger partial charge >= 0.3 is 0 Å². The lowest BCUT2D eigenvalue weighted by atomic mass is 10.1. The third kappa shape index (κ3) is 3.83. The molecule has 2 heterocycles. The number of amides is 2. The molecule has 31 heavy (non-hydrogen) atoms. The molecule has 3 aromatic rings. The number of fused-ring (bicyclic) bond motifs is 1. The van der Waals surface area contributed by atoms with Gasteiger partial charge in [0.15, 0.2) is 0 Å². The van der Waals surface area contributed by atoms with E-state index in [0.717, 1.165) is 36.3 Å². The van der Waals surface area contributed by atoms with Crippen molar-refractivity contribution in [3.63, 3.8) is 0 Å². The average Bonchev–Trinajstić information content (AvgIpc) is 3.48. The fraction of sp³-hybridized carbons (Fsp3) is 0.292. The van der Waals surface area contributed by atoms with Crippen molar-refractivity contribution < 1.29 is 9.59 Å². The van der Waals surface area contributed by atoms with Gasteiger partial charge in [0.25, 0.3) is 0 Å². The second-order valence-electron chi connectivity index (χ2n) is 8.08. The first-order valence-corrected chi connectivity index (χ1v) is 11.0. The number of benzene rings is 2. The minimum absolute atomic E-state index is 0.0586. The molecule has 2 aliphatic rings. The first kappa shape index (κ1) is 19.8. The van der Waals surface area contributed by atoms with Crippen LogP contribution in [0.15, 0.2) is 54.6 Å². The van der Waals surface area contributed by atoms with Gasteiger partial charge in [-0.25, -0.2) is 4.68 Å². The maximum absolute atomic E-state index is 12.8. The molecule has 7 heteroatoms. The van der Waals surface area contributed by atoms with Gasteiger partial charge in [-0.15, -0.1) is 0 Å². The largest absolute Gasteiger partial charge is 0.350 e. The van der Waals surface area contributed by atoms with Crippen molar-refractivity contribution in [1.29, 1.82) is 0 Å². The lowest BCUT2D eigenvalue weighted by Gasteiger charge is -2.17. The fourth-order valence-corrected chi connectivity index (χ4v) is 4.72. The average molecular weight is 435 g/mol. The van der Waals surface area contributed by atoms with Crippen molar-refractivity contribution in [2.45, 2.75) is 32.2 Å². The Labute approximate surface area is 185 Å². The van der Waals surface area contributed by atoms with Gasteiger partial charge in [0, 0.05) is 29.4 Å². The van der Waals surface area contributed by atoms with Crippen LogP contribution in [0.25, 0.3) is 5.69 Å². The Hall–Kier alpha value is -3.12. The van der Waals surface area contributed by atoms with Crippen molar-refractivity contribution in [3.8, 4) is 5.69 Å². The molecule has 0 radical (unpaired) electrons. The standard InChI is InChI=1S/C24H23ClN4O2/c25-17-6-4-9-19(13-17)28-15-16(12-23(28)30)24(31)26-14-21-20-10-5-11-22(20)29(27-21)18-7-2-1-3-8-18/h1-4,6-9,13,16H,5,10-12,14-15H2,(H,26,31). The van der Waals surface area contributed by atoms with Crippen molar-refractivity contribution in [3.05, 3.63) is 76.6 Å². The van der Waals surface area contributed by atoms with E-state index in [9.17, 15) is 9.59 Å². The predicted octanol–water partition coefficient (Wildman–Crippen LogP) is 3.68. The van der Waals surface area contributed by atoms with Crippen LogP contribution in [0.2, 0.25) is 5.02 Å². The smallest absolute Gasteiger partial charge is 0.227 e. The summed E-state index contributed by atoms with van der Waals surface area (Å²) in [4.78, 5) is 26.9. The van der Waals surface area contributed by atoms with E-state index in [1.165, 1.54) is 11.3 Å². The number of hydrogen-bond acceptors (Lipinski definition) is 3. The van der Waals surface area contributed by atoms with E-state index < -0.39 is 0 Å². The first-order chi connectivity index (χ1) is 15.1. The third-order valence-corrected chi connectivity index (χ3v) is 6.30. The SMILES string of the molecule is O=C(NCc1nn(-c2ccccc2)c2c1CCC2)C1CC(=O)N(c2cccc(Cl)c2)C1. The summed E-state index contributed by atoms with van der Waals surface area (Å²) in [7, 11) is 0. The highest BCUT2D eigenvalue weighted by Crippen LogP contribution is 2.29. The number of nitrogens with one attached hydrogen (secondary N) is 1. The molecule has 1 aromatic heterocycles. The van der Waals surface area contributed by atoms with Gasteiger partial charge in [0.05, 0.1) is 23.8 Å². The molecule has 6 nitrogen and oxygen atoms in total. The quantitative estimate of drug-likeness (QED) is 0.666. The van der Waals surface area contributed by atoms with Crippen LogP contribution in [0.5, 0.6) is 0 Å². The van der Waals surface area contributed by atoms with Gasteiger partial charge < -0.3 is 10.2 Å². The maximum Gasteiger partial charge on any atom is 0.227 e. The summed E-state index contributed by atoms with van der Waals surface area (Å²) in [6.45, 7) is 0.741. The maximum atomic E-state index is 12.8. The van der Waals surface area contributed by atoms with E-state index in [1.807, 2.05) is 47.1 Å². The number of hydrogen-bond donors (Lipinski definition) is 1. The highest BCUT2D eigenvalue weighted by molar-refractivity contribution is 6.31. The van der Waals surface area contributed by atoms with E-state index in [4.69, 9.17) is 16.7 Å². The Morgan fingerprint density at radius 1 is 1.10 bits per heavy atom. The Morgan fingerprint density at radius 2 is 1.90 bits per heavy atom. The molecule has 1 unspecified atom stereocenters. The van der Waals surface area contributed by atoms with Crippen LogP contribution in [-0.4, -0.2) is 28.1 Å². The van der Waals surface area contributed by atoms with Gasteiger partial charge in [-0.05, 0) is 55.2 Å². The Morgan fingerprint density at radius 3 is 2.71 bits per heavy atom. The molecular weight excluding hydrogens is 412 g/mol. The van der Waals surface area contributed by atoms with E-state index in [-0.39, 0.29) is 24.2 Å². The van der Waals surface area contributed by atoms with E-state index in [0.29, 0.717) is 18.1 Å². The predicted molar refractivity (Wildman–Crippen MR) is 119 cm³/mol. The lowest BCUT2D eigenvalue weighted by molar-refractivity contribution is -0.126. The number of rotatable bonds is 5. The molecule has 158 valence electrons. The van der Waals surface area contributed by atoms with Gasteiger partial charge in [-0.2, -0.15) is 5.10 Å². The molecule has 2 amide bonds. The second-order valence-corrected chi connectivity index (χ2v) is 8.51. The zero-order chi connectivity index (χ0) is 21.4. The molecule has 0 saturated carbocycles. The van der Waals surface area contributed by atoms with Crippen molar-refractivity contribution in [1.82, 2.24) is 15.1 Å². The molecule has 5 rings (SSSR count). The molecule has 0 spiro atoms. The summed E-state index contributed by atoms with van der Waals surface area (Å²) in [5, 5.41) is 8.39. The number of para-hydroxylation sites is 1. The number of aromatic nitrogens is 2. The molecule has 0 bridgehead atoms. The van der Waals surface area contributed by atoms with Crippen molar-refractivity contribution in [2.75, 3.05) is 11.4 Å². The van der Waals surface area contributed by atoms with Crippen LogP contribution >= 0.6 is 11.6 Å². The van der Waals surface area contributed by atoms with Crippen LogP contribution in [0.1, 0.15) is 29.8 Å². The second kappa shape index (κ2) is 8.19. The summed E-state index contributed by atoms with van der Waals surface area (Å²) in [5.74, 6) is -0.550. The number of carbonyl (C=O) groups is 2. The molecule has 2 aromatic carbocycles. The Kier molecular flexibility index (Phi) is 5.24. The number of anilines is 1. The highest BCUT2D eigenvalue weighted by atomic mass is 35.5. The lowest BCUT2D eigenvalue weighted by Crippen LogP contribution is -2.33. The summed E-state index contributed by atoms with van der Waals surface area (Å²) < 4.78 is 2.00. The molecular formula is C24H23ClN4O2. The summed E-state index contributed by atoms with van der Waals surface area (Å²) in [6.07, 6.45) is 3.29. The Bertz CT molecular complexity index is 1140. The van der Waals surface area contributed by atoms with Gasteiger partial charge in [0.1, 0.15) is 0 Å². The minimum atomic E-state index is -0.379. The number of halogens is 1. The van der Waals surface area contributed by atoms with Crippen molar-refractivity contribution in [2.24, 2.45) is 5.92 Å². The normalized spacial score (nSPS) is 17.8. The van der Waals surface area contributed by atoms with Crippen LogP contribution < -0.4 is 10.2 Å². The molecule has 1 aliphatic heterocycles. The van der Waals surface area contributed by atoms with Crippen LogP contribution in [0.3, 0.4) is 0 Å². The summed E-state index contributed by atoms with van der Waals surface area (Å²) in [6, 6.07) is 17.2. The van der Waals surface area contributed by atoms with E-state index in [2.05, 4.69) is 5.32 Å². The Balaban J connectivity index is 1.28.